The number of sulfone groups is 1. The van der Waals surface area contributed by atoms with Crippen molar-refractivity contribution in [2.75, 3.05) is 30.6 Å². The lowest BCUT2D eigenvalue weighted by atomic mass is 10.2. The minimum Gasteiger partial charge on any atom is -0.493 e. The lowest BCUT2D eigenvalue weighted by Gasteiger charge is -2.24. The standard InChI is InChI=1S/C20H19BrN2O5S2/c1-27-16-7-6-12(8-17(16)28-2)19(24)22-20-23(14-5-3-4-13(21)9-14)15-10-30(25,26)11-18(15)29-20/h3-9,15,18H,10-11H2,1-2H3. The van der Waals surface area contributed by atoms with Crippen LogP contribution < -0.4 is 14.4 Å². The molecule has 2 heterocycles. The molecule has 2 aliphatic rings. The average molecular weight is 511 g/mol. The van der Waals surface area contributed by atoms with Crippen LogP contribution in [0.4, 0.5) is 5.69 Å². The largest absolute Gasteiger partial charge is 0.493 e. The number of hydrogen-bond acceptors (Lipinski definition) is 6. The van der Waals surface area contributed by atoms with E-state index in [9.17, 15) is 13.2 Å². The molecule has 10 heteroatoms. The molecule has 0 spiro atoms. The number of fused-ring (bicyclic) bond motifs is 1. The van der Waals surface area contributed by atoms with Crippen LogP contribution >= 0.6 is 27.7 Å². The molecule has 158 valence electrons. The van der Waals surface area contributed by atoms with Crippen molar-refractivity contribution < 1.29 is 22.7 Å². The number of rotatable bonds is 4. The minimum atomic E-state index is -3.12. The summed E-state index contributed by atoms with van der Waals surface area (Å²) in [4.78, 5) is 19.1. The van der Waals surface area contributed by atoms with Crippen molar-refractivity contribution in [1.29, 1.82) is 0 Å². The lowest BCUT2D eigenvalue weighted by Crippen LogP contribution is -2.37. The predicted octanol–water partition coefficient (Wildman–Crippen LogP) is 3.38. The molecule has 2 unspecified atom stereocenters. The second-order valence-corrected chi connectivity index (χ2v) is 11.2. The normalized spacial score (nSPS) is 23.4. The van der Waals surface area contributed by atoms with Gasteiger partial charge in [-0.3, -0.25) is 4.79 Å². The van der Waals surface area contributed by atoms with Crippen LogP contribution in [-0.2, 0) is 9.84 Å². The van der Waals surface area contributed by atoms with Crippen LogP contribution in [0.5, 0.6) is 11.5 Å². The van der Waals surface area contributed by atoms with Crippen LogP contribution in [0.2, 0.25) is 0 Å². The summed E-state index contributed by atoms with van der Waals surface area (Å²) in [5.41, 5.74) is 1.15. The molecule has 2 aromatic rings. The van der Waals surface area contributed by atoms with Crippen molar-refractivity contribution in [2.24, 2.45) is 4.99 Å². The highest BCUT2D eigenvalue weighted by molar-refractivity contribution is 9.10. The lowest BCUT2D eigenvalue weighted by molar-refractivity contribution is 0.100. The van der Waals surface area contributed by atoms with Crippen LogP contribution in [0.1, 0.15) is 10.4 Å². The van der Waals surface area contributed by atoms with Gasteiger partial charge >= 0.3 is 0 Å². The Morgan fingerprint density at radius 2 is 1.90 bits per heavy atom. The van der Waals surface area contributed by atoms with E-state index in [-0.39, 0.29) is 22.8 Å². The van der Waals surface area contributed by atoms with Gasteiger partial charge < -0.3 is 14.4 Å². The van der Waals surface area contributed by atoms with E-state index in [1.54, 1.807) is 18.2 Å². The number of carbonyl (C=O) groups is 1. The van der Waals surface area contributed by atoms with E-state index in [1.165, 1.54) is 26.0 Å². The zero-order valence-corrected chi connectivity index (χ0v) is 19.5. The van der Waals surface area contributed by atoms with Crippen LogP contribution in [0.25, 0.3) is 0 Å². The summed E-state index contributed by atoms with van der Waals surface area (Å²) in [5, 5.41) is 0.337. The third kappa shape index (κ3) is 4.08. The SMILES string of the molecule is COc1ccc(C(=O)N=C2SC3CS(=O)(=O)CC3N2c2cccc(Br)c2)cc1OC. The Hall–Kier alpha value is -2.04. The van der Waals surface area contributed by atoms with E-state index in [4.69, 9.17) is 9.47 Å². The predicted molar refractivity (Wildman–Crippen MR) is 122 cm³/mol. The summed E-state index contributed by atoms with van der Waals surface area (Å²) in [6.07, 6.45) is 0. The molecule has 30 heavy (non-hydrogen) atoms. The number of amidine groups is 1. The molecule has 0 aromatic heterocycles. The first kappa shape index (κ1) is 21.2. The summed E-state index contributed by atoms with van der Waals surface area (Å²) in [7, 11) is -0.0952. The summed E-state index contributed by atoms with van der Waals surface area (Å²) >= 11 is 4.79. The fourth-order valence-corrected chi connectivity index (χ4v) is 7.91. The second kappa shape index (κ2) is 8.24. The molecule has 2 fully saturated rings. The Balaban J connectivity index is 1.71. The Morgan fingerprint density at radius 3 is 2.60 bits per heavy atom. The van der Waals surface area contributed by atoms with Crippen molar-refractivity contribution >= 4 is 54.3 Å². The Labute approximate surface area is 187 Å². The minimum absolute atomic E-state index is 0.0424. The zero-order valence-electron chi connectivity index (χ0n) is 16.2. The zero-order chi connectivity index (χ0) is 21.5. The molecule has 7 nitrogen and oxygen atoms in total. The molecule has 0 N–H and O–H groups in total. The highest BCUT2D eigenvalue weighted by atomic mass is 79.9. The molecule has 2 saturated heterocycles. The van der Waals surface area contributed by atoms with E-state index in [0.29, 0.717) is 22.2 Å². The van der Waals surface area contributed by atoms with Crippen LogP contribution in [0, 0.1) is 0 Å². The molecule has 0 radical (unpaired) electrons. The molecule has 2 aromatic carbocycles. The van der Waals surface area contributed by atoms with Crippen LogP contribution in [0.15, 0.2) is 51.9 Å². The summed E-state index contributed by atoms with van der Waals surface area (Å²) in [6, 6.07) is 12.1. The first-order valence-corrected chi connectivity index (χ1v) is 12.6. The van der Waals surface area contributed by atoms with Crippen LogP contribution in [0.3, 0.4) is 0 Å². The van der Waals surface area contributed by atoms with Crippen molar-refractivity contribution in [3.05, 3.63) is 52.5 Å². The number of aliphatic imine (C=N–C) groups is 1. The number of methoxy groups -OCH3 is 2. The Bertz CT molecular complexity index is 1140. The van der Waals surface area contributed by atoms with Crippen molar-refractivity contribution in [1.82, 2.24) is 0 Å². The van der Waals surface area contributed by atoms with E-state index in [0.717, 1.165) is 10.2 Å². The molecule has 4 rings (SSSR count). The molecular weight excluding hydrogens is 492 g/mol. The van der Waals surface area contributed by atoms with Crippen molar-refractivity contribution in [3.63, 3.8) is 0 Å². The fourth-order valence-electron chi connectivity index (χ4n) is 3.61. The molecule has 2 atom stereocenters. The number of anilines is 1. The summed E-state index contributed by atoms with van der Waals surface area (Å²) < 4.78 is 35.7. The highest BCUT2D eigenvalue weighted by Gasteiger charge is 2.49. The quantitative estimate of drug-likeness (QED) is 0.622. The molecule has 1 amide bonds. The number of ether oxygens (including phenoxy) is 2. The smallest absolute Gasteiger partial charge is 0.279 e. The van der Waals surface area contributed by atoms with Gasteiger partial charge in [0.2, 0.25) is 0 Å². The number of amides is 1. The number of thioether (sulfide) groups is 1. The Morgan fingerprint density at radius 1 is 1.13 bits per heavy atom. The van der Waals surface area contributed by atoms with Gasteiger partial charge in [0.25, 0.3) is 5.91 Å². The van der Waals surface area contributed by atoms with Gasteiger partial charge in [-0.1, -0.05) is 33.8 Å². The van der Waals surface area contributed by atoms with Gasteiger partial charge in [0.05, 0.1) is 31.8 Å². The molecule has 0 aliphatic carbocycles. The molecule has 0 bridgehead atoms. The van der Waals surface area contributed by atoms with Gasteiger partial charge in [0.15, 0.2) is 26.5 Å². The van der Waals surface area contributed by atoms with Crippen molar-refractivity contribution in [2.45, 2.75) is 11.3 Å². The number of benzene rings is 2. The molecule has 0 saturated carbocycles. The highest BCUT2D eigenvalue weighted by Crippen LogP contribution is 2.41. The number of nitrogens with zero attached hydrogens (tertiary/aromatic N) is 2. The number of carbonyl (C=O) groups excluding carboxylic acids is 1. The monoisotopic (exact) mass is 510 g/mol. The third-order valence-electron chi connectivity index (χ3n) is 4.98. The van der Waals surface area contributed by atoms with Gasteiger partial charge in [0.1, 0.15) is 0 Å². The number of halogens is 1. The van der Waals surface area contributed by atoms with Crippen molar-refractivity contribution in [3.8, 4) is 11.5 Å². The number of hydrogen-bond donors (Lipinski definition) is 0. The van der Waals surface area contributed by atoms with Gasteiger partial charge in [-0.15, -0.1) is 0 Å². The van der Waals surface area contributed by atoms with E-state index in [2.05, 4.69) is 20.9 Å². The van der Waals surface area contributed by atoms with Gasteiger partial charge in [0, 0.05) is 21.0 Å². The fraction of sp³-hybridized carbons (Fsp3) is 0.300. The topological polar surface area (TPSA) is 85.3 Å². The van der Waals surface area contributed by atoms with Crippen LogP contribution in [-0.4, -0.2) is 56.5 Å². The summed E-state index contributed by atoms with van der Waals surface area (Å²) in [6.45, 7) is 0. The summed E-state index contributed by atoms with van der Waals surface area (Å²) in [5.74, 6) is 0.653. The maximum Gasteiger partial charge on any atom is 0.279 e. The van der Waals surface area contributed by atoms with E-state index in [1.807, 2.05) is 29.2 Å². The van der Waals surface area contributed by atoms with E-state index < -0.39 is 15.7 Å². The first-order valence-electron chi connectivity index (χ1n) is 9.08. The maximum absolute atomic E-state index is 12.9. The maximum atomic E-state index is 12.9. The van der Waals surface area contributed by atoms with Gasteiger partial charge in [-0.25, -0.2) is 8.42 Å². The molecule has 2 aliphatic heterocycles. The molecular formula is C20H19BrN2O5S2. The average Bonchev–Trinajstić information content (AvgIpc) is 3.17. The van der Waals surface area contributed by atoms with Gasteiger partial charge in [-0.2, -0.15) is 4.99 Å². The second-order valence-electron chi connectivity index (χ2n) is 6.92. The van der Waals surface area contributed by atoms with Gasteiger partial charge in [-0.05, 0) is 36.4 Å². The van der Waals surface area contributed by atoms with E-state index >= 15 is 0 Å². The first-order chi connectivity index (χ1) is 14.3. The third-order valence-corrected chi connectivity index (χ3v) is 8.68. The Kier molecular flexibility index (Phi) is 5.82.